The van der Waals surface area contributed by atoms with Gasteiger partial charge >= 0.3 is 5.97 Å². The number of likely N-dealkylation sites (N-methyl/N-ethyl adjacent to an activating group) is 1. The zero-order valence-corrected chi connectivity index (χ0v) is 33.8. The number of hydrogen-bond acceptors (Lipinski definition) is 7. The number of aromatic nitrogens is 2. The molecule has 9 heteroatoms. The summed E-state index contributed by atoms with van der Waals surface area (Å²) in [6.45, 7) is 7.47. The first-order valence-corrected chi connectivity index (χ1v) is 19.5. The summed E-state index contributed by atoms with van der Waals surface area (Å²) in [7, 11) is 5.68. The summed E-state index contributed by atoms with van der Waals surface area (Å²) in [4.78, 5) is 39.7. The maximum absolute atomic E-state index is 13.4. The third-order valence-corrected chi connectivity index (χ3v) is 10.0. The number of Topliss-reactive ketones (excluding diaryl/α,β-unsaturated/α-hetero) is 1. The second-order valence-corrected chi connectivity index (χ2v) is 14.4. The van der Waals surface area contributed by atoms with Crippen LogP contribution in [0.25, 0.3) is 17.2 Å². The summed E-state index contributed by atoms with van der Waals surface area (Å²) in [5.41, 5.74) is 11.1. The van der Waals surface area contributed by atoms with Gasteiger partial charge in [-0.1, -0.05) is 61.5 Å². The number of ketones is 1. The number of aryl methyl sites for hydroxylation is 1. The first-order valence-electron chi connectivity index (χ1n) is 19.5. The number of hydrogen-bond donors (Lipinski definition) is 2. The van der Waals surface area contributed by atoms with Crippen molar-refractivity contribution in [3.8, 4) is 11.5 Å². The van der Waals surface area contributed by atoms with Crippen molar-refractivity contribution < 1.29 is 23.8 Å². The summed E-state index contributed by atoms with van der Waals surface area (Å²) in [6, 6.07) is 30.3. The molecule has 5 aromatic rings. The quantitative estimate of drug-likeness (QED) is 0.0302. The lowest BCUT2D eigenvalue weighted by atomic mass is 9.88. The number of allylic oxidation sites excluding steroid dienone is 2. The van der Waals surface area contributed by atoms with E-state index < -0.39 is 0 Å². The van der Waals surface area contributed by atoms with E-state index in [9.17, 15) is 9.59 Å². The van der Waals surface area contributed by atoms with E-state index in [1.807, 2.05) is 101 Å². The van der Waals surface area contributed by atoms with E-state index in [4.69, 9.17) is 19.2 Å². The highest BCUT2D eigenvalue weighted by atomic mass is 16.5. The van der Waals surface area contributed by atoms with Crippen molar-refractivity contribution in [1.29, 1.82) is 0 Å². The molecule has 3 heterocycles. The molecule has 0 saturated carbocycles. The van der Waals surface area contributed by atoms with Crippen molar-refractivity contribution in [3.63, 3.8) is 0 Å². The number of aliphatic imine (C=N–C) groups is 1. The minimum Gasteiger partial charge on any atom is -0.494 e. The summed E-state index contributed by atoms with van der Waals surface area (Å²) >= 11 is 0. The SMILES string of the molecule is CC/C(=C(/c1ccc(OCCN(C)C)cc1)c1ccc(OC(=O)CCCCC(=O)c2c(C)[nH]c(C=C3N=C(c4ccc[nH]4)C=C3OC)c2C)cc1)c1ccccc1. The molecule has 2 aromatic heterocycles. The Hall–Kier alpha value is -6.19. The number of methoxy groups -OCH3 is 1. The Bertz CT molecular complexity index is 2270. The average molecular weight is 765 g/mol. The first kappa shape index (κ1) is 40.5. The Balaban J connectivity index is 1.06. The Morgan fingerprint density at radius 1 is 0.825 bits per heavy atom. The van der Waals surface area contributed by atoms with Gasteiger partial charge in [0.15, 0.2) is 5.78 Å². The number of carbonyl (C=O) groups excluding carboxylic acids is 2. The molecular formula is C48H52N4O5. The monoisotopic (exact) mass is 764 g/mol. The van der Waals surface area contributed by atoms with Gasteiger partial charge in [0.2, 0.25) is 0 Å². The molecular weight excluding hydrogens is 713 g/mol. The van der Waals surface area contributed by atoms with Crippen LogP contribution in [0.3, 0.4) is 0 Å². The molecule has 3 aromatic carbocycles. The van der Waals surface area contributed by atoms with Crippen molar-refractivity contribution in [2.45, 2.75) is 52.9 Å². The molecule has 0 amide bonds. The number of rotatable bonds is 18. The van der Waals surface area contributed by atoms with E-state index in [1.54, 1.807) is 7.11 Å². The standard InChI is InChI=1S/C48H52N4O5/c1-7-39(34-14-9-8-10-15-34)48(35-19-23-37(24-20-35)56-29-28-52(4)5)36-21-25-38(26-22-36)57-46(54)18-12-11-17-44(53)47-32(2)41(50-33(47)3)30-43-45(55-6)31-42(51-43)40-16-13-27-49-40/h8-10,13-16,19-27,30-31,49-50H,7,11-12,17-18,28-29H2,1-6H3/b43-30?,48-39+. The fourth-order valence-corrected chi connectivity index (χ4v) is 7.08. The lowest BCUT2D eigenvalue weighted by Gasteiger charge is -2.17. The van der Waals surface area contributed by atoms with Crippen LogP contribution in [0.4, 0.5) is 0 Å². The maximum atomic E-state index is 13.4. The molecule has 294 valence electrons. The average Bonchev–Trinajstić information content (AvgIpc) is 3.96. The van der Waals surface area contributed by atoms with E-state index >= 15 is 0 Å². The Morgan fingerprint density at radius 2 is 1.51 bits per heavy atom. The van der Waals surface area contributed by atoms with E-state index in [2.05, 4.69) is 58.2 Å². The second kappa shape index (κ2) is 19.1. The zero-order chi connectivity index (χ0) is 40.3. The third-order valence-electron chi connectivity index (χ3n) is 10.0. The summed E-state index contributed by atoms with van der Waals surface area (Å²) in [6.07, 6.45) is 8.15. The largest absolute Gasteiger partial charge is 0.494 e. The van der Waals surface area contributed by atoms with E-state index in [-0.39, 0.29) is 18.2 Å². The molecule has 9 nitrogen and oxygen atoms in total. The van der Waals surface area contributed by atoms with Gasteiger partial charge in [-0.3, -0.25) is 9.59 Å². The van der Waals surface area contributed by atoms with Crippen LogP contribution in [-0.2, 0) is 9.53 Å². The van der Waals surface area contributed by atoms with Crippen LogP contribution in [0.15, 0.2) is 120 Å². The van der Waals surface area contributed by atoms with Crippen LogP contribution in [0.1, 0.15) is 88.7 Å². The maximum Gasteiger partial charge on any atom is 0.311 e. The number of carbonyl (C=O) groups is 2. The van der Waals surface area contributed by atoms with Crippen molar-refractivity contribution in [2.24, 2.45) is 4.99 Å². The lowest BCUT2D eigenvalue weighted by Crippen LogP contribution is -2.19. The molecule has 2 N–H and O–H groups in total. The topological polar surface area (TPSA) is 109 Å². The van der Waals surface area contributed by atoms with Gasteiger partial charge in [0.1, 0.15) is 29.6 Å². The molecule has 57 heavy (non-hydrogen) atoms. The molecule has 0 aliphatic carbocycles. The van der Waals surface area contributed by atoms with Crippen molar-refractivity contribution in [3.05, 3.63) is 160 Å². The van der Waals surface area contributed by atoms with Crippen molar-refractivity contribution >= 4 is 34.7 Å². The Labute approximate surface area is 335 Å². The Morgan fingerprint density at radius 3 is 2.14 bits per heavy atom. The molecule has 0 bridgehead atoms. The van der Waals surface area contributed by atoms with Crippen LogP contribution in [-0.4, -0.2) is 66.7 Å². The van der Waals surface area contributed by atoms with Crippen LogP contribution in [0.2, 0.25) is 0 Å². The number of ether oxygens (including phenoxy) is 3. The number of nitrogens with one attached hydrogen (secondary N) is 2. The van der Waals surface area contributed by atoms with Gasteiger partial charge in [0, 0.05) is 48.6 Å². The van der Waals surface area contributed by atoms with Gasteiger partial charge in [-0.25, -0.2) is 4.99 Å². The smallest absolute Gasteiger partial charge is 0.311 e. The van der Waals surface area contributed by atoms with Gasteiger partial charge in [-0.15, -0.1) is 0 Å². The number of esters is 1. The normalized spacial score (nSPS) is 13.7. The molecule has 6 rings (SSSR count). The fourth-order valence-electron chi connectivity index (χ4n) is 7.08. The van der Waals surface area contributed by atoms with Gasteiger partial charge in [-0.05, 0) is 123 Å². The zero-order valence-electron chi connectivity index (χ0n) is 33.8. The van der Waals surface area contributed by atoms with Crippen LogP contribution >= 0.6 is 0 Å². The molecule has 1 aliphatic heterocycles. The highest BCUT2D eigenvalue weighted by Gasteiger charge is 2.21. The predicted octanol–water partition coefficient (Wildman–Crippen LogP) is 9.99. The first-order chi connectivity index (χ1) is 27.6. The highest BCUT2D eigenvalue weighted by Crippen LogP contribution is 2.36. The van der Waals surface area contributed by atoms with Gasteiger partial charge in [0.05, 0.1) is 18.5 Å². The number of H-pyrrole nitrogens is 2. The minimum absolute atomic E-state index is 0.0386. The predicted molar refractivity (Wildman–Crippen MR) is 229 cm³/mol. The Kier molecular flexibility index (Phi) is 13.6. The van der Waals surface area contributed by atoms with E-state index in [0.717, 1.165) is 69.3 Å². The van der Waals surface area contributed by atoms with Crippen LogP contribution < -0.4 is 9.47 Å². The lowest BCUT2D eigenvalue weighted by molar-refractivity contribution is -0.134. The van der Waals surface area contributed by atoms with Gasteiger partial charge in [-0.2, -0.15) is 0 Å². The molecule has 0 unspecified atom stereocenters. The van der Waals surface area contributed by atoms with Crippen LogP contribution in [0, 0.1) is 13.8 Å². The summed E-state index contributed by atoms with van der Waals surface area (Å²) in [5.74, 6) is 1.69. The molecule has 0 fully saturated rings. The molecule has 0 spiro atoms. The third kappa shape index (κ3) is 10.2. The van der Waals surface area contributed by atoms with Crippen LogP contribution in [0.5, 0.6) is 11.5 Å². The molecule has 0 atom stereocenters. The number of nitrogens with zero attached hydrogens (tertiary/aromatic N) is 2. The number of unbranched alkanes of at least 4 members (excludes halogenated alkanes) is 1. The minimum atomic E-state index is -0.324. The summed E-state index contributed by atoms with van der Waals surface area (Å²) in [5, 5.41) is 0. The number of aromatic amines is 2. The van der Waals surface area contributed by atoms with E-state index in [0.29, 0.717) is 48.6 Å². The molecule has 0 saturated heterocycles. The van der Waals surface area contributed by atoms with Gasteiger partial charge in [0.25, 0.3) is 0 Å². The number of benzene rings is 3. The molecule has 0 radical (unpaired) electrons. The van der Waals surface area contributed by atoms with E-state index in [1.165, 1.54) is 5.57 Å². The van der Waals surface area contributed by atoms with Crippen molar-refractivity contribution in [1.82, 2.24) is 14.9 Å². The molecule has 1 aliphatic rings. The summed E-state index contributed by atoms with van der Waals surface area (Å²) < 4.78 is 17.3. The fraction of sp³-hybridized carbons (Fsp3) is 0.271. The highest BCUT2D eigenvalue weighted by molar-refractivity contribution is 6.11. The van der Waals surface area contributed by atoms with Crippen molar-refractivity contribution in [2.75, 3.05) is 34.4 Å². The second-order valence-electron chi connectivity index (χ2n) is 14.4. The van der Waals surface area contributed by atoms with Gasteiger partial charge < -0.3 is 29.1 Å².